The molecule has 4 nitrogen and oxygen atoms in total. The maximum absolute atomic E-state index is 12.6. The first-order valence-corrected chi connectivity index (χ1v) is 10.4. The molecule has 1 aromatic rings. The highest BCUT2D eigenvalue weighted by molar-refractivity contribution is 7.91. The van der Waals surface area contributed by atoms with Crippen molar-refractivity contribution in [3.8, 4) is 0 Å². The number of hydrogen-bond acceptors (Lipinski definition) is 3. The SMILES string of the molecule is O=C(C[C@@H]1CCS(=O)(=O)C1)N(Cc1ccc(Cl)c(Cl)c1)C1CC1. The van der Waals surface area contributed by atoms with E-state index in [1.807, 2.05) is 11.0 Å². The standard InChI is InChI=1S/C16H19Cl2NO3S/c17-14-4-1-11(7-15(14)18)9-19(13-2-3-13)16(20)8-12-5-6-23(21,22)10-12/h1,4,7,12-13H,2-3,5-6,8-10H2/t12-/m0/s1. The van der Waals surface area contributed by atoms with Crippen LogP contribution in [0.1, 0.15) is 31.2 Å². The van der Waals surface area contributed by atoms with Gasteiger partial charge in [-0.2, -0.15) is 0 Å². The highest BCUT2D eigenvalue weighted by Gasteiger charge is 2.36. The molecule has 23 heavy (non-hydrogen) atoms. The van der Waals surface area contributed by atoms with E-state index in [0.717, 1.165) is 18.4 Å². The molecule has 0 aromatic heterocycles. The molecular weight excluding hydrogens is 357 g/mol. The molecule has 0 N–H and O–H groups in total. The van der Waals surface area contributed by atoms with Crippen molar-refractivity contribution in [2.75, 3.05) is 11.5 Å². The first kappa shape index (κ1) is 17.1. The summed E-state index contributed by atoms with van der Waals surface area (Å²) in [6.45, 7) is 0.500. The summed E-state index contributed by atoms with van der Waals surface area (Å²) >= 11 is 12.0. The Balaban J connectivity index is 1.66. The molecule has 1 saturated carbocycles. The molecule has 3 rings (SSSR count). The van der Waals surface area contributed by atoms with Crippen molar-refractivity contribution >= 4 is 38.9 Å². The van der Waals surface area contributed by atoms with Gasteiger partial charge < -0.3 is 4.90 Å². The van der Waals surface area contributed by atoms with E-state index in [9.17, 15) is 13.2 Å². The van der Waals surface area contributed by atoms with E-state index in [0.29, 0.717) is 29.4 Å². The second kappa shape index (κ2) is 6.61. The Morgan fingerprint density at radius 1 is 1.17 bits per heavy atom. The predicted octanol–water partition coefficient (Wildman–Crippen LogP) is 3.31. The number of halogens is 2. The lowest BCUT2D eigenvalue weighted by atomic mass is 10.0. The molecule has 1 aliphatic heterocycles. The van der Waals surface area contributed by atoms with Gasteiger partial charge >= 0.3 is 0 Å². The fourth-order valence-electron chi connectivity index (χ4n) is 3.04. The van der Waals surface area contributed by atoms with Crippen molar-refractivity contribution in [3.05, 3.63) is 33.8 Å². The topological polar surface area (TPSA) is 54.5 Å². The van der Waals surface area contributed by atoms with Crippen LogP contribution >= 0.6 is 23.2 Å². The maximum atomic E-state index is 12.6. The molecule has 7 heteroatoms. The van der Waals surface area contributed by atoms with E-state index < -0.39 is 9.84 Å². The third-order valence-electron chi connectivity index (χ3n) is 4.43. The summed E-state index contributed by atoms with van der Waals surface area (Å²) in [5.74, 6) is 0.355. The number of hydrogen-bond donors (Lipinski definition) is 0. The molecule has 0 radical (unpaired) electrons. The second-order valence-corrected chi connectivity index (χ2v) is 9.52. The molecule has 1 amide bonds. The minimum atomic E-state index is -2.94. The van der Waals surface area contributed by atoms with Gasteiger partial charge in [0.05, 0.1) is 21.6 Å². The average Bonchev–Trinajstić information content (AvgIpc) is 3.25. The van der Waals surface area contributed by atoms with Crippen molar-refractivity contribution < 1.29 is 13.2 Å². The Morgan fingerprint density at radius 3 is 2.48 bits per heavy atom. The lowest BCUT2D eigenvalue weighted by molar-refractivity contribution is -0.133. The molecule has 1 aromatic carbocycles. The van der Waals surface area contributed by atoms with Crippen LogP contribution in [0, 0.1) is 5.92 Å². The number of carbonyl (C=O) groups is 1. The molecule has 0 spiro atoms. The molecule has 1 heterocycles. The summed E-state index contributed by atoms with van der Waals surface area (Å²) < 4.78 is 23.1. The van der Waals surface area contributed by atoms with Crippen molar-refractivity contribution in [2.45, 2.75) is 38.3 Å². The van der Waals surface area contributed by atoms with E-state index in [1.165, 1.54) is 0 Å². The number of nitrogens with zero attached hydrogens (tertiary/aromatic N) is 1. The van der Waals surface area contributed by atoms with E-state index >= 15 is 0 Å². The van der Waals surface area contributed by atoms with Gasteiger partial charge in [-0.15, -0.1) is 0 Å². The van der Waals surface area contributed by atoms with E-state index in [2.05, 4.69) is 0 Å². The van der Waals surface area contributed by atoms with Crippen molar-refractivity contribution in [1.82, 2.24) is 4.90 Å². The molecule has 0 bridgehead atoms. The van der Waals surface area contributed by atoms with Crippen LogP contribution < -0.4 is 0 Å². The summed E-state index contributed by atoms with van der Waals surface area (Å²) in [6, 6.07) is 5.66. The third-order valence-corrected chi connectivity index (χ3v) is 7.01. The van der Waals surface area contributed by atoms with Crippen LogP contribution in [0.2, 0.25) is 10.0 Å². The van der Waals surface area contributed by atoms with Gasteiger partial charge in [-0.05, 0) is 42.9 Å². The number of rotatable bonds is 5. The molecule has 1 saturated heterocycles. The van der Waals surface area contributed by atoms with E-state index in [-0.39, 0.29) is 29.4 Å². The van der Waals surface area contributed by atoms with Gasteiger partial charge in [-0.25, -0.2) is 8.42 Å². The zero-order chi connectivity index (χ0) is 16.6. The number of benzene rings is 1. The van der Waals surface area contributed by atoms with Gasteiger partial charge in [-0.3, -0.25) is 4.79 Å². The first-order chi connectivity index (χ1) is 10.8. The molecule has 126 valence electrons. The lowest BCUT2D eigenvalue weighted by Crippen LogP contribution is -2.34. The minimum absolute atomic E-state index is 0.0393. The summed E-state index contributed by atoms with van der Waals surface area (Å²) in [5.41, 5.74) is 0.943. The number of amides is 1. The lowest BCUT2D eigenvalue weighted by Gasteiger charge is -2.24. The van der Waals surface area contributed by atoms with Gasteiger partial charge in [0.1, 0.15) is 0 Å². The molecule has 1 atom stereocenters. The van der Waals surface area contributed by atoms with Crippen LogP contribution in [-0.2, 0) is 21.2 Å². The quantitative estimate of drug-likeness (QED) is 0.792. The zero-order valence-corrected chi connectivity index (χ0v) is 15.0. The first-order valence-electron chi connectivity index (χ1n) is 7.78. The second-order valence-electron chi connectivity index (χ2n) is 6.47. The fourth-order valence-corrected chi connectivity index (χ4v) is 5.22. The van der Waals surface area contributed by atoms with Crippen LogP contribution in [0.3, 0.4) is 0 Å². The Morgan fingerprint density at radius 2 is 1.91 bits per heavy atom. The number of carbonyl (C=O) groups excluding carboxylic acids is 1. The van der Waals surface area contributed by atoms with Crippen molar-refractivity contribution in [2.24, 2.45) is 5.92 Å². The predicted molar refractivity (Wildman–Crippen MR) is 91.4 cm³/mol. The van der Waals surface area contributed by atoms with Gasteiger partial charge in [-0.1, -0.05) is 29.3 Å². The summed E-state index contributed by atoms with van der Waals surface area (Å²) in [7, 11) is -2.94. The average molecular weight is 376 g/mol. The van der Waals surface area contributed by atoms with Crippen LogP contribution in [-0.4, -0.2) is 36.8 Å². The highest BCUT2D eigenvalue weighted by atomic mass is 35.5. The molecule has 0 unspecified atom stereocenters. The largest absolute Gasteiger partial charge is 0.335 e. The Kier molecular flexibility index (Phi) is 4.90. The van der Waals surface area contributed by atoms with Gasteiger partial charge in [0.25, 0.3) is 0 Å². The number of sulfone groups is 1. The summed E-state index contributed by atoms with van der Waals surface area (Å²) in [6.07, 6.45) is 2.93. The third kappa shape index (κ3) is 4.40. The van der Waals surface area contributed by atoms with Crippen molar-refractivity contribution in [1.29, 1.82) is 0 Å². The van der Waals surface area contributed by atoms with Gasteiger partial charge in [0, 0.05) is 19.0 Å². The Bertz CT molecular complexity index is 716. The zero-order valence-electron chi connectivity index (χ0n) is 12.7. The smallest absolute Gasteiger partial charge is 0.223 e. The Hall–Kier alpha value is -0.780. The molecule has 1 aliphatic carbocycles. The van der Waals surface area contributed by atoms with Crippen LogP contribution in [0.4, 0.5) is 0 Å². The summed E-state index contributed by atoms with van der Waals surface area (Å²) in [5, 5.41) is 0.977. The minimum Gasteiger partial charge on any atom is -0.335 e. The Labute approximate surface area is 146 Å². The molecular formula is C16H19Cl2NO3S. The fraction of sp³-hybridized carbons (Fsp3) is 0.562. The molecule has 2 fully saturated rings. The van der Waals surface area contributed by atoms with Crippen LogP contribution in [0.25, 0.3) is 0 Å². The maximum Gasteiger partial charge on any atom is 0.223 e. The van der Waals surface area contributed by atoms with Crippen LogP contribution in [0.15, 0.2) is 18.2 Å². The van der Waals surface area contributed by atoms with Crippen molar-refractivity contribution in [3.63, 3.8) is 0 Å². The summed E-state index contributed by atoms with van der Waals surface area (Å²) in [4.78, 5) is 14.5. The monoisotopic (exact) mass is 375 g/mol. The van der Waals surface area contributed by atoms with Gasteiger partial charge in [0.15, 0.2) is 9.84 Å². The normalized spacial score (nSPS) is 23.0. The van der Waals surface area contributed by atoms with Crippen LogP contribution in [0.5, 0.6) is 0 Å². The highest BCUT2D eigenvalue weighted by Crippen LogP contribution is 2.32. The van der Waals surface area contributed by atoms with E-state index in [4.69, 9.17) is 23.2 Å². The molecule has 2 aliphatic rings. The van der Waals surface area contributed by atoms with E-state index in [1.54, 1.807) is 12.1 Å². The van der Waals surface area contributed by atoms with Gasteiger partial charge in [0.2, 0.25) is 5.91 Å².